The Labute approximate surface area is 144 Å². The first kappa shape index (κ1) is 20.2. The van der Waals surface area contributed by atoms with Gasteiger partial charge in [0.1, 0.15) is 17.4 Å². The average molecular weight is 356 g/mol. The maximum absolute atomic E-state index is 12.4. The fraction of sp³-hybridized carbons (Fsp3) is 0.500. The van der Waals surface area contributed by atoms with Gasteiger partial charge in [0, 0.05) is 13.5 Å². The fourth-order valence-electron chi connectivity index (χ4n) is 1.90. The van der Waals surface area contributed by atoms with E-state index in [1.807, 2.05) is 12.1 Å². The summed E-state index contributed by atoms with van der Waals surface area (Å²) >= 11 is 0. The molecule has 0 heterocycles. The quantitative estimate of drug-likeness (QED) is 0.625. The molecule has 0 aromatic heterocycles. The third-order valence-electron chi connectivity index (χ3n) is 3.07. The molecule has 2 atom stereocenters. The predicted octanol–water partition coefficient (Wildman–Crippen LogP) is 2.31. The van der Waals surface area contributed by atoms with Crippen molar-refractivity contribution in [1.82, 2.24) is 10.4 Å². The van der Waals surface area contributed by atoms with Gasteiger partial charge in [-0.1, -0.05) is 12.1 Å². The summed E-state index contributed by atoms with van der Waals surface area (Å²) in [5.74, 6) is 0.301. The number of likely N-dealkylation sites (N-methyl/N-ethyl adjacent to an activating group) is 1. The number of carbonyl (C=O) groups is 2. The van der Waals surface area contributed by atoms with Gasteiger partial charge in [-0.3, -0.25) is 9.63 Å². The smallest absolute Gasteiger partial charge is 0.408 e. The highest BCUT2D eigenvalue weighted by Gasteiger charge is 2.27. The molecule has 1 rings (SSSR count). The Balaban J connectivity index is 2.87. The fourth-order valence-corrected chi connectivity index (χ4v) is 2.06. The van der Waals surface area contributed by atoms with E-state index in [0.717, 1.165) is 10.6 Å². The van der Waals surface area contributed by atoms with Gasteiger partial charge in [-0.25, -0.2) is 9.86 Å². The predicted molar refractivity (Wildman–Crippen MR) is 93.4 cm³/mol. The first-order valence-corrected chi connectivity index (χ1v) is 7.90. The van der Waals surface area contributed by atoms with E-state index in [0.29, 0.717) is 12.2 Å². The zero-order valence-electron chi connectivity index (χ0n) is 14.7. The minimum absolute atomic E-state index is 0.295. The van der Waals surface area contributed by atoms with Crippen molar-refractivity contribution in [3.8, 4) is 5.75 Å². The van der Waals surface area contributed by atoms with Gasteiger partial charge in [0.2, 0.25) is 0 Å². The molecule has 2 amide bonds. The molecule has 24 heavy (non-hydrogen) atoms. The molecule has 0 bridgehead atoms. The Morgan fingerprint density at radius 3 is 2.29 bits per heavy atom. The van der Waals surface area contributed by atoms with Gasteiger partial charge in [-0.05, 0) is 38.5 Å². The second-order valence-corrected chi connectivity index (χ2v) is 6.42. The average Bonchev–Trinajstić information content (AvgIpc) is 2.51. The molecule has 0 aliphatic rings. The SMILES string of the molecule is CON(C)C(=O)[C@@H](Cc1ccc(OP)cc1)NC(=O)OC(C)(C)C. The normalized spacial score (nSPS) is 12.2. The molecule has 8 heteroatoms. The van der Waals surface area contributed by atoms with Gasteiger partial charge in [-0.15, -0.1) is 0 Å². The highest BCUT2D eigenvalue weighted by Crippen LogP contribution is 2.16. The van der Waals surface area contributed by atoms with E-state index < -0.39 is 17.7 Å². The Kier molecular flexibility index (Phi) is 7.45. The van der Waals surface area contributed by atoms with Crippen LogP contribution in [0.3, 0.4) is 0 Å². The van der Waals surface area contributed by atoms with Crippen molar-refractivity contribution in [2.45, 2.75) is 38.8 Å². The van der Waals surface area contributed by atoms with Crippen molar-refractivity contribution in [3.05, 3.63) is 29.8 Å². The summed E-state index contributed by atoms with van der Waals surface area (Å²) in [6.07, 6.45) is -0.363. The van der Waals surface area contributed by atoms with Gasteiger partial charge in [0.15, 0.2) is 0 Å². The molecule has 1 aromatic rings. The van der Waals surface area contributed by atoms with Crippen molar-refractivity contribution in [1.29, 1.82) is 0 Å². The number of benzene rings is 1. The van der Waals surface area contributed by atoms with Crippen LogP contribution < -0.4 is 9.84 Å². The molecule has 0 radical (unpaired) electrons. The molecular formula is C16H25N2O5P. The number of nitrogens with zero attached hydrogens (tertiary/aromatic N) is 1. The summed E-state index contributed by atoms with van der Waals surface area (Å²) in [6, 6.07) is 6.38. The first-order valence-electron chi connectivity index (χ1n) is 7.43. The molecule has 7 nitrogen and oxygen atoms in total. The molecule has 0 fully saturated rings. The summed E-state index contributed by atoms with van der Waals surface area (Å²) in [6.45, 7) is 5.27. The number of hydrogen-bond acceptors (Lipinski definition) is 5. The minimum Gasteiger partial charge on any atom is -0.480 e. The van der Waals surface area contributed by atoms with Gasteiger partial charge in [-0.2, -0.15) is 0 Å². The van der Waals surface area contributed by atoms with Crippen LogP contribution >= 0.6 is 9.47 Å². The van der Waals surface area contributed by atoms with Crippen LogP contribution in [0.4, 0.5) is 4.79 Å². The number of hydrogen-bond donors (Lipinski definition) is 1. The summed E-state index contributed by atoms with van der Waals surface area (Å²) in [7, 11) is 5.03. The Bertz CT molecular complexity index is 557. The van der Waals surface area contributed by atoms with Crippen LogP contribution in [0.5, 0.6) is 5.75 Å². The lowest BCUT2D eigenvalue weighted by molar-refractivity contribution is -0.171. The third kappa shape index (κ3) is 6.72. The van der Waals surface area contributed by atoms with E-state index >= 15 is 0 Å². The van der Waals surface area contributed by atoms with Crippen molar-refractivity contribution in [3.63, 3.8) is 0 Å². The van der Waals surface area contributed by atoms with Crippen molar-refractivity contribution < 1.29 is 23.7 Å². The standard InChI is InChI=1S/C16H25N2O5P/c1-16(2,3)22-15(20)17-13(14(19)18(4)21-5)10-11-6-8-12(23-24)9-7-11/h6-9,13H,10,24H2,1-5H3,(H,17,20)/t13-/m1/s1. The van der Waals surface area contributed by atoms with E-state index in [2.05, 4.69) is 14.8 Å². The number of ether oxygens (including phenoxy) is 1. The summed E-state index contributed by atoms with van der Waals surface area (Å²) in [5.41, 5.74) is 0.211. The van der Waals surface area contributed by atoms with E-state index in [1.54, 1.807) is 32.9 Å². The van der Waals surface area contributed by atoms with Crippen molar-refractivity contribution >= 4 is 21.5 Å². The molecule has 134 valence electrons. The zero-order chi connectivity index (χ0) is 18.3. The van der Waals surface area contributed by atoms with Crippen LogP contribution in [-0.4, -0.2) is 42.9 Å². The van der Waals surface area contributed by atoms with Crippen molar-refractivity contribution in [2.75, 3.05) is 14.2 Å². The van der Waals surface area contributed by atoms with E-state index in [4.69, 9.17) is 14.1 Å². The Morgan fingerprint density at radius 1 is 1.25 bits per heavy atom. The molecule has 0 aliphatic carbocycles. The number of amides is 2. The number of rotatable bonds is 6. The van der Waals surface area contributed by atoms with Crippen LogP contribution in [0, 0.1) is 0 Å². The maximum Gasteiger partial charge on any atom is 0.408 e. The minimum atomic E-state index is -0.812. The van der Waals surface area contributed by atoms with Gasteiger partial charge >= 0.3 is 6.09 Å². The van der Waals surface area contributed by atoms with Crippen LogP contribution in [0.1, 0.15) is 26.3 Å². The molecule has 1 unspecified atom stereocenters. The lowest BCUT2D eigenvalue weighted by atomic mass is 10.1. The van der Waals surface area contributed by atoms with E-state index in [1.165, 1.54) is 14.2 Å². The zero-order valence-corrected chi connectivity index (χ0v) is 15.8. The first-order chi connectivity index (χ1) is 11.2. The monoisotopic (exact) mass is 356 g/mol. The van der Waals surface area contributed by atoms with Crippen LogP contribution in [0.2, 0.25) is 0 Å². The van der Waals surface area contributed by atoms with Gasteiger partial charge in [0.25, 0.3) is 5.91 Å². The maximum atomic E-state index is 12.4. The molecule has 0 saturated carbocycles. The third-order valence-corrected chi connectivity index (χ3v) is 3.34. The second kappa shape index (κ2) is 8.85. The number of alkyl carbamates (subject to hydrolysis) is 1. The Morgan fingerprint density at radius 2 is 1.83 bits per heavy atom. The van der Waals surface area contributed by atoms with Gasteiger partial charge in [0.05, 0.1) is 16.6 Å². The number of hydroxylamine groups is 2. The molecule has 0 spiro atoms. The largest absolute Gasteiger partial charge is 0.480 e. The Hall–Kier alpha value is -1.85. The molecule has 0 saturated heterocycles. The van der Waals surface area contributed by atoms with E-state index in [9.17, 15) is 9.59 Å². The molecule has 1 N–H and O–H groups in total. The molecular weight excluding hydrogens is 331 g/mol. The van der Waals surface area contributed by atoms with Crippen LogP contribution in [0.25, 0.3) is 0 Å². The lowest BCUT2D eigenvalue weighted by Gasteiger charge is -2.25. The summed E-state index contributed by atoms with van der Waals surface area (Å²) in [5, 5.41) is 3.67. The highest BCUT2D eigenvalue weighted by atomic mass is 31.0. The number of carbonyl (C=O) groups excluding carboxylic acids is 2. The topological polar surface area (TPSA) is 77.1 Å². The van der Waals surface area contributed by atoms with Crippen LogP contribution in [-0.2, 0) is 20.8 Å². The molecule has 0 aliphatic heterocycles. The second-order valence-electron chi connectivity index (χ2n) is 6.18. The molecule has 1 aromatic carbocycles. The summed E-state index contributed by atoms with van der Waals surface area (Å²) in [4.78, 5) is 29.3. The van der Waals surface area contributed by atoms with E-state index in [-0.39, 0.29) is 5.91 Å². The highest BCUT2D eigenvalue weighted by molar-refractivity contribution is 7.10. The summed E-state index contributed by atoms with van der Waals surface area (Å²) < 4.78 is 10.2. The van der Waals surface area contributed by atoms with Crippen LogP contribution in [0.15, 0.2) is 24.3 Å². The van der Waals surface area contributed by atoms with Crippen molar-refractivity contribution in [2.24, 2.45) is 0 Å². The number of nitrogens with one attached hydrogen (secondary N) is 1. The lowest BCUT2D eigenvalue weighted by Crippen LogP contribution is -2.49. The van der Waals surface area contributed by atoms with Gasteiger partial charge < -0.3 is 14.6 Å².